The van der Waals surface area contributed by atoms with Gasteiger partial charge in [0.1, 0.15) is 0 Å². The molecule has 1 saturated heterocycles. The highest BCUT2D eigenvalue weighted by atomic mass is 32.1. The van der Waals surface area contributed by atoms with Crippen LogP contribution in [0.15, 0.2) is 11.4 Å². The van der Waals surface area contributed by atoms with Crippen LogP contribution >= 0.6 is 11.3 Å². The molecule has 0 saturated carbocycles. The molecule has 0 N–H and O–H groups in total. The van der Waals surface area contributed by atoms with Crippen LogP contribution in [0.25, 0.3) is 0 Å². The topological polar surface area (TPSA) is 12.5 Å². The van der Waals surface area contributed by atoms with Gasteiger partial charge in [-0.1, -0.05) is 20.8 Å². The zero-order chi connectivity index (χ0) is 12.3. The van der Waals surface area contributed by atoms with Crippen molar-refractivity contribution in [3.63, 3.8) is 0 Å². The third-order valence-corrected chi connectivity index (χ3v) is 4.14. The van der Waals surface area contributed by atoms with E-state index < -0.39 is 0 Å². The third-order valence-electron chi connectivity index (χ3n) is 3.21. The van der Waals surface area contributed by atoms with Crippen molar-refractivity contribution in [3.8, 4) is 0 Å². The van der Waals surface area contributed by atoms with Crippen molar-refractivity contribution >= 4 is 11.3 Å². The van der Waals surface area contributed by atoms with Gasteiger partial charge in [-0.2, -0.15) is 0 Å². The molecule has 1 fully saturated rings. The minimum atomic E-state index is 0.274. The standard InChI is InChI=1S/C14H23NOS/c1-14(2,3)12-9-13(17-11-12)10-15-5-4-7-16-8-6-15/h9,11H,4-8,10H2,1-3H3. The molecule has 2 heterocycles. The monoisotopic (exact) mass is 253 g/mol. The first kappa shape index (κ1) is 13.1. The van der Waals surface area contributed by atoms with Crippen molar-refractivity contribution in [2.75, 3.05) is 26.3 Å². The number of hydrogen-bond donors (Lipinski definition) is 0. The third kappa shape index (κ3) is 3.80. The molecule has 3 heteroatoms. The van der Waals surface area contributed by atoms with Crippen LogP contribution in [0.4, 0.5) is 0 Å². The summed E-state index contributed by atoms with van der Waals surface area (Å²) in [5.41, 5.74) is 1.74. The molecular weight excluding hydrogens is 230 g/mol. The van der Waals surface area contributed by atoms with Crippen LogP contribution in [0.2, 0.25) is 0 Å². The van der Waals surface area contributed by atoms with Crippen LogP contribution < -0.4 is 0 Å². The van der Waals surface area contributed by atoms with E-state index in [-0.39, 0.29) is 5.41 Å². The first-order valence-corrected chi connectivity index (χ1v) is 7.32. The van der Waals surface area contributed by atoms with Gasteiger partial charge in [0.15, 0.2) is 0 Å². The largest absolute Gasteiger partial charge is 0.380 e. The van der Waals surface area contributed by atoms with Crippen LogP contribution in [0.3, 0.4) is 0 Å². The Morgan fingerprint density at radius 2 is 2.12 bits per heavy atom. The average molecular weight is 253 g/mol. The lowest BCUT2D eigenvalue weighted by Crippen LogP contribution is -2.25. The molecule has 0 spiro atoms. The molecule has 2 rings (SSSR count). The number of thiophene rings is 1. The van der Waals surface area contributed by atoms with Gasteiger partial charge in [-0.3, -0.25) is 4.90 Å². The molecule has 1 aromatic heterocycles. The molecule has 1 aliphatic heterocycles. The summed E-state index contributed by atoms with van der Waals surface area (Å²) in [6.45, 7) is 12.0. The van der Waals surface area contributed by atoms with Crippen LogP contribution in [-0.2, 0) is 16.7 Å². The second kappa shape index (κ2) is 5.51. The number of ether oxygens (including phenoxy) is 1. The normalized spacial score (nSPS) is 19.2. The van der Waals surface area contributed by atoms with E-state index in [4.69, 9.17) is 4.74 Å². The minimum absolute atomic E-state index is 0.274. The van der Waals surface area contributed by atoms with E-state index in [0.717, 1.165) is 32.7 Å². The van der Waals surface area contributed by atoms with Gasteiger partial charge >= 0.3 is 0 Å². The molecule has 1 aromatic rings. The summed E-state index contributed by atoms with van der Waals surface area (Å²) in [6, 6.07) is 2.37. The van der Waals surface area contributed by atoms with Crippen molar-refractivity contribution in [1.82, 2.24) is 4.90 Å². The fraction of sp³-hybridized carbons (Fsp3) is 0.714. The summed E-state index contributed by atoms with van der Waals surface area (Å²) in [6.07, 6.45) is 1.16. The van der Waals surface area contributed by atoms with E-state index in [1.165, 1.54) is 17.0 Å². The maximum atomic E-state index is 5.48. The SMILES string of the molecule is CC(C)(C)c1csc(CN2CCCOCC2)c1. The van der Waals surface area contributed by atoms with Gasteiger partial charge < -0.3 is 4.74 Å². The quantitative estimate of drug-likeness (QED) is 0.802. The van der Waals surface area contributed by atoms with E-state index in [0.29, 0.717) is 0 Å². The van der Waals surface area contributed by atoms with Gasteiger partial charge in [0.2, 0.25) is 0 Å². The van der Waals surface area contributed by atoms with Crippen molar-refractivity contribution in [2.45, 2.75) is 39.2 Å². The molecule has 2 nitrogen and oxygen atoms in total. The minimum Gasteiger partial charge on any atom is -0.380 e. The van der Waals surface area contributed by atoms with Gasteiger partial charge in [-0.15, -0.1) is 11.3 Å². The van der Waals surface area contributed by atoms with Gasteiger partial charge in [0.05, 0.1) is 6.61 Å². The first-order valence-electron chi connectivity index (χ1n) is 6.44. The lowest BCUT2D eigenvalue weighted by Gasteiger charge is -2.18. The number of nitrogens with zero attached hydrogens (tertiary/aromatic N) is 1. The summed E-state index contributed by atoms with van der Waals surface area (Å²) < 4.78 is 5.48. The maximum Gasteiger partial charge on any atom is 0.0593 e. The molecule has 96 valence electrons. The Bertz CT molecular complexity index is 345. The summed E-state index contributed by atoms with van der Waals surface area (Å²) >= 11 is 1.89. The highest BCUT2D eigenvalue weighted by molar-refractivity contribution is 7.10. The Hall–Kier alpha value is -0.380. The molecule has 17 heavy (non-hydrogen) atoms. The molecule has 0 bridgehead atoms. The lowest BCUT2D eigenvalue weighted by molar-refractivity contribution is 0.140. The Kier molecular flexibility index (Phi) is 4.23. The summed E-state index contributed by atoms with van der Waals surface area (Å²) in [7, 11) is 0. The fourth-order valence-corrected chi connectivity index (χ4v) is 3.19. The molecule has 0 aliphatic carbocycles. The van der Waals surface area contributed by atoms with Crippen LogP contribution in [0.5, 0.6) is 0 Å². The van der Waals surface area contributed by atoms with Crippen molar-refractivity contribution in [3.05, 3.63) is 21.9 Å². The van der Waals surface area contributed by atoms with Crippen LogP contribution in [0, 0.1) is 0 Å². The van der Waals surface area contributed by atoms with E-state index >= 15 is 0 Å². The molecule has 0 atom stereocenters. The molecule has 0 unspecified atom stereocenters. The average Bonchev–Trinajstić information content (AvgIpc) is 2.56. The Balaban J connectivity index is 1.96. The van der Waals surface area contributed by atoms with Crippen molar-refractivity contribution in [2.24, 2.45) is 0 Å². The van der Waals surface area contributed by atoms with E-state index in [9.17, 15) is 0 Å². The zero-order valence-corrected chi connectivity index (χ0v) is 12.0. The lowest BCUT2D eigenvalue weighted by atomic mass is 9.89. The zero-order valence-electron chi connectivity index (χ0n) is 11.2. The number of rotatable bonds is 2. The maximum absolute atomic E-state index is 5.48. The smallest absolute Gasteiger partial charge is 0.0593 e. The summed E-state index contributed by atoms with van der Waals surface area (Å²) in [4.78, 5) is 3.99. The first-order chi connectivity index (χ1) is 8.05. The van der Waals surface area contributed by atoms with Gasteiger partial charge in [0.25, 0.3) is 0 Å². The van der Waals surface area contributed by atoms with E-state index in [2.05, 4.69) is 37.1 Å². The highest BCUT2D eigenvalue weighted by Gasteiger charge is 2.17. The Morgan fingerprint density at radius 1 is 1.29 bits per heavy atom. The predicted octanol–water partition coefficient (Wildman–Crippen LogP) is 3.27. The summed E-state index contributed by atoms with van der Waals surface area (Å²) in [5, 5.41) is 2.31. The molecule has 0 aromatic carbocycles. The van der Waals surface area contributed by atoms with E-state index in [1.54, 1.807) is 0 Å². The van der Waals surface area contributed by atoms with Crippen LogP contribution in [-0.4, -0.2) is 31.2 Å². The van der Waals surface area contributed by atoms with Crippen molar-refractivity contribution < 1.29 is 4.74 Å². The second-order valence-corrected chi connectivity index (χ2v) is 6.79. The number of hydrogen-bond acceptors (Lipinski definition) is 3. The molecular formula is C14H23NOS. The van der Waals surface area contributed by atoms with Gasteiger partial charge in [-0.25, -0.2) is 0 Å². The predicted molar refractivity (Wildman–Crippen MR) is 73.7 cm³/mol. The van der Waals surface area contributed by atoms with Crippen LogP contribution in [0.1, 0.15) is 37.6 Å². The highest BCUT2D eigenvalue weighted by Crippen LogP contribution is 2.27. The Labute approximate surface area is 109 Å². The Morgan fingerprint density at radius 3 is 2.82 bits per heavy atom. The van der Waals surface area contributed by atoms with Gasteiger partial charge in [-0.05, 0) is 28.8 Å². The molecule has 0 amide bonds. The fourth-order valence-electron chi connectivity index (χ4n) is 2.03. The van der Waals surface area contributed by atoms with E-state index in [1.807, 2.05) is 11.3 Å². The second-order valence-electron chi connectivity index (χ2n) is 5.79. The molecule has 0 radical (unpaired) electrons. The van der Waals surface area contributed by atoms with Crippen molar-refractivity contribution in [1.29, 1.82) is 0 Å². The van der Waals surface area contributed by atoms with Gasteiger partial charge in [0, 0.05) is 31.1 Å². The molecule has 1 aliphatic rings. The summed E-state index contributed by atoms with van der Waals surface area (Å²) in [5.74, 6) is 0.